The van der Waals surface area contributed by atoms with Gasteiger partial charge >= 0.3 is 0 Å². The zero-order valence-corrected chi connectivity index (χ0v) is 14.9. The second kappa shape index (κ2) is 8.48. The number of aliphatic imine (C=N–C) groups is 1. The van der Waals surface area contributed by atoms with Gasteiger partial charge in [-0.25, -0.2) is 0 Å². The van der Waals surface area contributed by atoms with Gasteiger partial charge in [-0.15, -0.1) is 0 Å². The molecule has 1 aliphatic carbocycles. The molecule has 2 heteroatoms. The fourth-order valence-corrected chi connectivity index (χ4v) is 3.26. The Kier molecular flexibility index (Phi) is 5.84. The number of fused-ring (bicyclic) bond motifs is 1. The third-order valence-electron chi connectivity index (χ3n) is 4.56. The molecule has 25 heavy (non-hydrogen) atoms. The van der Waals surface area contributed by atoms with E-state index in [4.69, 9.17) is 5.73 Å². The predicted molar refractivity (Wildman–Crippen MR) is 108 cm³/mol. The molecule has 2 nitrogen and oxygen atoms in total. The number of hydrogen-bond acceptors (Lipinski definition) is 1. The van der Waals surface area contributed by atoms with Crippen molar-refractivity contribution in [3.8, 4) is 0 Å². The van der Waals surface area contributed by atoms with E-state index >= 15 is 0 Å². The zero-order valence-electron chi connectivity index (χ0n) is 14.9. The number of aryl methyl sites for hydroxylation is 2. The van der Waals surface area contributed by atoms with Crippen LogP contribution in [0.2, 0.25) is 0 Å². The van der Waals surface area contributed by atoms with E-state index in [2.05, 4.69) is 72.6 Å². The fraction of sp³-hybridized carbons (Fsp3) is 0.261. The summed E-state index contributed by atoms with van der Waals surface area (Å²) >= 11 is 0. The average Bonchev–Trinajstić information content (AvgIpc) is 2.90. The molecular weight excluding hydrogens is 304 g/mol. The van der Waals surface area contributed by atoms with Crippen LogP contribution in [0.1, 0.15) is 36.5 Å². The van der Waals surface area contributed by atoms with Gasteiger partial charge in [0.1, 0.15) is 5.84 Å². The first-order valence-corrected chi connectivity index (χ1v) is 9.12. The average molecular weight is 330 g/mol. The van der Waals surface area contributed by atoms with Crippen LogP contribution in [0.15, 0.2) is 59.6 Å². The van der Waals surface area contributed by atoms with Crippen molar-refractivity contribution in [3.05, 3.63) is 81.7 Å². The summed E-state index contributed by atoms with van der Waals surface area (Å²) in [5.74, 6) is 0.661. The third kappa shape index (κ3) is 4.27. The van der Waals surface area contributed by atoms with Crippen molar-refractivity contribution in [2.75, 3.05) is 6.54 Å². The molecule has 2 aromatic carbocycles. The van der Waals surface area contributed by atoms with Gasteiger partial charge in [-0.05, 0) is 47.2 Å². The summed E-state index contributed by atoms with van der Waals surface area (Å²) in [6.45, 7) is 2.90. The van der Waals surface area contributed by atoms with Crippen LogP contribution in [0.4, 0.5) is 0 Å². The summed E-state index contributed by atoms with van der Waals surface area (Å²) in [4.78, 5) is 4.49. The van der Waals surface area contributed by atoms with E-state index in [9.17, 15) is 0 Å². The van der Waals surface area contributed by atoms with Crippen LogP contribution in [0, 0.1) is 0 Å². The molecule has 0 heterocycles. The molecule has 3 rings (SSSR count). The van der Waals surface area contributed by atoms with Crippen LogP contribution >= 0.6 is 0 Å². The van der Waals surface area contributed by atoms with Crippen LogP contribution in [-0.4, -0.2) is 12.4 Å². The number of benzene rings is 2. The van der Waals surface area contributed by atoms with E-state index < -0.39 is 0 Å². The summed E-state index contributed by atoms with van der Waals surface area (Å²) in [7, 11) is 0. The molecule has 0 bridgehead atoms. The topological polar surface area (TPSA) is 38.4 Å². The summed E-state index contributed by atoms with van der Waals surface area (Å²) in [6.07, 6.45) is 12.9. The van der Waals surface area contributed by atoms with Crippen molar-refractivity contribution >= 4 is 18.0 Å². The summed E-state index contributed by atoms with van der Waals surface area (Å²) in [6, 6.07) is 15.0. The number of amidine groups is 1. The van der Waals surface area contributed by atoms with Gasteiger partial charge in [0, 0.05) is 12.1 Å². The first-order chi connectivity index (χ1) is 12.3. The lowest BCUT2D eigenvalue weighted by Crippen LogP contribution is -2.28. The van der Waals surface area contributed by atoms with E-state index in [0.717, 1.165) is 37.8 Å². The van der Waals surface area contributed by atoms with Crippen molar-refractivity contribution in [2.45, 2.75) is 32.6 Å². The molecule has 0 saturated heterocycles. The second-order valence-corrected chi connectivity index (χ2v) is 6.38. The predicted octanol–water partition coefficient (Wildman–Crippen LogP) is 3.11. The molecule has 0 aromatic heterocycles. The second-order valence-electron chi connectivity index (χ2n) is 6.38. The van der Waals surface area contributed by atoms with Gasteiger partial charge in [0.25, 0.3) is 0 Å². The molecule has 128 valence electrons. The summed E-state index contributed by atoms with van der Waals surface area (Å²) in [5.41, 5.74) is 9.96. The van der Waals surface area contributed by atoms with Gasteiger partial charge in [0.2, 0.25) is 0 Å². The largest absolute Gasteiger partial charge is 0.383 e. The van der Waals surface area contributed by atoms with E-state index in [0.29, 0.717) is 5.84 Å². The summed E-state index contributed by atoms with van der Waals surface area (Å²) < 4.78 is 0. The Hall–Kier alpha value is -2.61. The van der Waals surface area contributed by atoms with Gasteiger partial charge in [-0.1, -0.05) is 73.7 Å². The van der Waals surface area contributed by atoms with Crippen molar-refractivity contribution < 1.29 is 0 Å². The Bertz CT molecular complexity index is 904. The first kappa shape index (κ1) is 17.2. The van der Waals surface area contributed by atoms with Crippen LogP contribution < -0.4 is 16.2 Å². The molecule has 2 N–H and O–H groups in total. The highest BCUT2D eigenvalue weighted by Gasteiger charge is 2.07. The molecule has 0 atom stereocenters. The minimum absolute atomic E-state index is 0.661. The molecule has 2 aromatic rings. The number of nitrogens with two attached hydrogens (primary N) is 1. The lowest BCUT2D eigenvalue weighted by molar-refractivity contribution is 0.924. The maximum atomic E-state index is 6.21. The SMILES string of the molecule is CCCN=C(N)c1ccccc1CCc1cccc2c1=CCC=CC=2. The molecule has 0 amide bonds. The molecule has 0 saturated carbocycles. The molecule has 0 aliphatic heterocycles. The smallest absolute Gasteiger partial charge is 0.125 e. The highest BCUT2D eigenvalue weighted by atomic mass is 14.8. The van der Waals surface area contributed by atoms with Crippen molar-refractivity contribution in [1.29, 1.82) is 0 Å². The van der Waals surface area contributed by atoms with Crippen molar-refractivity contribution in [2.24, 2.45) is 10.7 Å². The lowest BCUT2D eigenvalue weighted by atomic mass is 9.97. The Morgan fingerprint density at radius 1 is 1.04 bits per heavy atom. The Morgan fingerprint density at radius 3 is 2.72 bits per heavy atom. The Labute approximate surface area is 150 Å². The van der Waals surface area contributed by atoms with Gasteiger partial charge in [-0.3, -0.25) is 4.99 Å². The van der Waals surface area contributed by atoms with Crippen molar-refractivity contribution in [3.63, 3.8) is 0 Å². The van der Waals surface area contributed by atoms with Gasteiger partial charge in [0.05, 0.1) is 0 Å². The number of hydrogen-bond donors (Lipinski definition) is 1. The number of allylic oxidation sites excluding steroid dienone is 2. The zero-order chi connectivity index (χ0) is 17.5. The minimum atomic E-state index is 0.661. The number of nitrogens with zero attached hydrogens (tertiary/aromatic N) is 1. The number of rotatable bonds is 6. The molecule has 0 spiro atoms. The Balaban J connectivity index is 1.86. The van der Waals surface area contributed by atoms with Crippen LogP contribution in [0.5, 0.6) is 0 Å². The van der Waals surface area contributed by atoms with E-state index in [-0.39, 0.29) is 0 Å². The van der Waals surface area contributed by atoms with Crippen LogP contribution in [0.3, 0.4) is 0 Å². The maximum Gasteiger partial charge on any atom is 0.125 e. The standard InChI is InChI=1S/C23H26N2/c1-2-17-25-23(24)22-14-7-6-10-20(22)16-15-19-12-8-11-18-9-4-3-5-13-21(18)19/h3-4,6-14H,2,5,15-17H2,1H3,(H2,24,25). The Morgan fingerprint density at radius 2 is 1.84 bits per heavy atom. The highest BCUT2D eigenvalue weighted by molar-refractivity contribution is 5.98. The third-order valence-corrected chi connectivity index (χ3v) is 4.56. The minimum Gasteiger partial charge on any atom is -0.383 e. The van der Waals surface area contributed by atoms with E-state index in [1.165, 1.54) is 21.6 Å². The van der Waals surface area contributed by atoms with Gasteiger partial charge < -0.3 is 5.73 Å². The normalized spacial score (nSPS) is 13.6. The van der Waals surface area contributed by atoms with Gasteiger partial charge in [0.15, 0.2) is 0 Å². The highest BCUT2D eigenvalue weighted by Crippen LogP contribution is 2.12. The van der Waals surface area contributed by atoms with Crippen molar-refractivity contribution in [1.82, 2.24) is 0 Å². The quantitative estimate of drug-likeness (QED) is 0.641. The molecule has 1 aliphatic rings. The first-order valence-electron chi connectivity index (χ1n) is 9.12. The van der Waals surface area contributed by atoms with Crippen LogP contribution in [-0.2, 0) is 12.8 Å². The maximum absolute atomic E-state index is 6.21. The molecule has 0 fully saturated rings. The van der Waals surface area contributed by atoms with Gasteiger partial charge in [-0.2, -0.15) is 0 Å². The van der Waals surface area contributed by atoms with E-state index in [1.54, 1.807) is 0 Å². The lowest BCUT2D eigenvalue weighted by Gasteiger charge is -2.10. The molecule has 0 unspecified atom stereocenters. The van der Waals surface area contributed by atoms with E-state index in [1.807, 2.05) is 6.07 Å². The molecule has 0 radical (unpaired) electrons. The van der Waals surface area contributed by atoms with Crippen LogP contribution in [0.25, 0.3) is 12.2 Å². The summed E-state index contributed by atoms with van der Waals surface area (Å²) in [5, 5.41) is 2.68. The molecular formula is C23H26N2. The monoisotopic (exact) mass is 330 g/mol. The fourth-order valence-electron chi connectivity index (χ4n) is 3.26.